The molecule has 4 nitrogen and oxygen atoms in total. The van der Waals surface area contributed by atoms with Gasteiger partial charge in [-0.3, -0.25) is 4.79 Å². The van der Waals surface area contributed by atoms with Crippen molar-refractivity contribution in [3.8, 4) is 0 Å². The van der Waals surface area contributed by atoms with E-state index in [1.54, 1.807) is 6.92 Å². The molecule has 0 bridgehead atoms. The molecule has 0 saturated carbocycles. The Morgan fingerprint density at radius 3 is 2.50 bits per heavy atom. The summed E-state index contributed by atoms with van der Waals surface area (Å²) in [6.45, 7) is 1.90. The third-order valence-corrected chi connectivity index (χ3v) is 3.63. The maximum atomic E-state index is 11.7. The van der Waals surface area contributed by atoms with Crippen LogP contribution in [-0.2, 0) is 9.53 Å². The normalized spacial score (nSPS) is 10.2. The number of halogens is 2. The molecule has 0 radical (unpaired) electrons. The van der Waals surface area contributed by atoms with Gasteiger partial charge in [0.15, 0.2) is 0 Å². The molecule has 0 heterocycles. The van der Waals surface area contributed by atoms with Crippen LogP contribution in [0.25, 0.3) is 0 Å². The number of rotatable bonds is 5. The van der Waals surface area contributed by atoms with Crippen molar-refractivity contribution in [2.24, 2.45) is 0 Å². The Bertz CT molecular complexity index is 476. The summed E-state index contributed by atoms with van der Waals surface area (Å²) in [6, 6.07) is 2.84. The summed E-state index contributed by atoms with van der Waals surface area (Å²) in [7, 11) is 0. The highest BCUT2D eigenvalue weighted by molar-refractivity contribution is 8.00. The Morgan fingerprint density at radius 1 is 1.33 bits per heavy atom. The summed E-state index contributed by atoms with van der Waals surface area (Å²) in [5.41, 5.74) is 0.220. The van der Waals surface area contributed by atoms with Crippen LogP contribution in [0.1, 0.15) is 17.3 Å². The summed E-state index contributed by atoms with van der Waals surface area (Å²) in [4.78, 5) is 22.7. The molecule has 0 atom stereocenters. The van der Waals surface area contributed by atoms with Crippen molar-refractivity contribution in [2.45, 2.75) is 11.8 Å². The van der Waals surface area contributed by atoms with Crippen molar-refractivity contribution in [1.29, 1.82) is 0 Å². The zero-order valence-corrected chi connectivity index (χ0v) is 11.7. The van der Waals surface area contributed by atoms with Crippen LogP contribution in [0.15, 0.2) is 17.0 Å². The van der Waals surface area contributed by atoms with E-state index in [1.165, 1.54) is 12.1 Å². The zero-order chi connectivity index (χ0) is 13.7. The Morgan fingerprint density at radius 2 is 1.94 bits per heavy atom. The van der Waals surface area contributed by atoms with Gasteiger partial charge in [-0.1, -0.05) is 23.2 Å². The van der Waals surface area contributed by atoms with Gasteiger partial charge in [0.2, 0.25) is 0 Å². The molecule has 0 aliphatic rings. The quantitative estimate of drug-likeness (QED) is 0.667. The first-order chi connectivity index (χ1) is 8.45. The lowest BCUT2D eigenvalue weighted by Crippen LogP contribution is -2.07. The molecule has 0 aliphatic heterocycles. The first-order valence-corrected chi connectivity index (χ1v) is 6.70. The highest BCUT2D eigenvalue weighted by atomic mass is 35.5. The van der Waals surface area contributed by atoms with E-state index in [0.29, 0.717) is 4.90 Å². The summed E-state index contributed by atoms with van der Waals surface area (Å²) in [5, 5.41) is 9.12. The van der Waals surface area contributed by atoms with Crippen LogP contribution in [0.3, 0.4) is 0 Å². The maximum absolute atomic E-state index is 11.7. The Balaban J connectivity index is 3.08. The number of carboxylic acid groups (broad SMARTS) is 1. The van der Waals surface area contributed by atoms with Gasteiger partial charge in [-0.15, -0.1) is 11.8 Å². The number of esters is 1. The lowest BCUT2D eigenvalue weighted by atomic mass is 10.2. The number of hydrogen-bond acceptors (Lipinski definition) is 4. The molecule has 98 valence electrons. The highest BCUT2D eigenvalue weighted by Gasteiger charge is 2.16. The van der Waals surface area contributed by atoms with E-state index in [4.69, 9.17) is 33.0 Å². The van der Waals surface area contributed by atoms with Gasteiger partial charge in [0.1, 0.15) is 0 Å². The van der Waals surface area contributed by atoms with Crippen LogP contribution < -0.4 is 0 Å². The van der Waals surface area contributed by atoms with Gasteiger partial charge in [0.25, 0.3) is 0 Å². The van der Waals surface area contributed by atoms with Gasteiger partial charge in [0, 0.05) is 4.90 Å². The van der Waals surface area contributed by atoms with Crippen molar-refractivity contribution in [2.75, 3.05) is 12.4 Å². The van der Waals surface area contributed by atoms with Crippen LogP contribution in [0.2, 0.25) is 10.0 Å². The molecule has 1 rings (SSSR count). The van der Waals surface area contributed by atoms with Gasteiger partial charge < -0.3 is 9.84 Å². The number of aliphatic carboxylic acids is 1. The number of hydrogen-bond donors (Lipinski definition) is 1. The Hall–Kier alpha value is -0.910. The monoisotopic (exact) mass is 308 g/mol. The van der Waals surface area contributed by atoms with Gasteiger partial charge >= 0.3 is 11.9 Å². The lowest BCUT2D eigenvalue weighted by molar-refractivity contribution is -0.133. The predicted molar refractivity (Wildman–Crippen MR) is 70.8 cm³/mol. The molecule has 7 heteroatoms. The van der Waals surface area contributed by atoms with Crippen LogP contribution in [0.4, 0.5) is 0 Å². The van der Waals surface area contributed by atoms with E-state index in [0.717, 1.165) is 11.8 Å². The Labute approximate surface area is 118 Å². The molecule has 18 heavy (non-hydrogen) atoms. The zero-order valence-electron chi connectivity index (χ0n) is 9.41. The lowest BCUT2D eigenvalue weighted by Gasteiger charge is -2.09. The molecule has 0 fully saturated rings. The van der Waals surface area contributed by atoms with Crippen LogP contribution in [0.5, 0.6) is 0 Å². The van der Waals surface area contributed by atoms with Gasteiger partial charge in [-0.2, -0.15) is 0 Å². The summed E-state index contributed by atoms with van der Waals surface area (Å²) >= 11 is 12.7. The molecule has 1 N–H and O–H groups in total. The van der Waals surface area contributed by atoms with E-state index in [-0.39, 0.29) is 28.0 Å². The molecule has 1 aromatic rings. The first kappa shape index (κ1) is 15.1. The number of carbonyl (C=O) groups excluding carboxylic acids is 1. The minimum atomic E-state index is -0.985. The van der Waals surface area contributed by atoms with Crippen molar-refractivity contribution in [3.05, 3.63) is 27.7 Å². The van der Waals surface area contributed by atoms with E-state index in [1.807, 2.05) is 0 Å². The van der Waals surface area contributed by atoms with Gasteiger partial charge in [-0.25, -0.2) is 4.79 Å². The van der Waals surface area contributed by atoms with Crippen molar-refractivity contribution < 1.29 is 19.4 Å². The van der Waals surface area contributed by atoms with Crippen LogP contribution >= 0.6 is 35.0 Å². The van der Waals surface area contributed by atoms with Crippen molar-refractivity contribution in [1.82, 2.24) is 0 Å². The fourth-order valence-corrected chi connectivity index (χ4v) is 2.33. The smallest absolute Gasteiger partial charge is 0.339 e. The second kappa shape index (κ2) is 6.87. The van der Waals surface area contributed by atoms with Crippen LogP contribution in [0, 0.1) is 0 Å². The maximum Gasteiger partial charge on any atom is 0.339 e. The third-order valence-electron chi connectivity index (χ3n) is 1.87. The average molecular weight is 309 g/mol. The predicted octanol–water partition coefficient (Wildman–Crippen LogP) is 3.35. The number of carboxylic acids is 1. The fourth-order valence-electron chi connectivity index (χ4n) is 1.16. The SMILES string of the molecule is CCOC(=O)c1cc(Cl)c(Cl)cc1SCC(=O)O. The minimum absolute atomic E-state index is 0.176. The molecule has 0 aromatic heterocycles. The number of thioether (sulfide) groups is 1. The standard InChI is InChI=1S/C11H10Cl2O4S/c1-2-17-11(16)6-3-7(12)8(13)4-9(6)18-5-10(14)15/h3-4H,2,5H2,1H3,(H,14,15). The van der Waals surface area contributed by atoms with Crippen molar-refractivity contribution >= 4 is 46.9 Å². The molecule has 0 amide bonds. The third kappa shape index (κ3) is 4.08. The topological polar surface area (TPSA) is 63.6 Å². The van der Waals surface area contributed by atoms with Crippen molar-refractivity contribution in [3.63, 3.8) is 0 Å². The summed E-state index contributed by atoms with van der Waals surface area (Å²) in [5.74, 6) is -1.71. The summed E-state index contributed by atoms with van der Waals surface area (Å²) < 4.78 is 4.87. The fraction of sp³-hybridized carbons (Fsp3) is 0.273. The summed E-state index contributed by atoms with van der Waals surface area (Å²) in [6.07, 6.45) is 0. The Kier molecular flexibility index (Phi) is 5.78. The number of carbonyl (C=O) groups is 2. The average Bonchev–Trinajstić information content (AvgIpc) is 2.30. The van der Waals surface area contributed by atoms with Crippen LogP contribution in [-0.4, -0.2) is 29.4 Å². The van der Waals surface area contributed by atoms with Gasteiger partial charge in [0.05, 0.1) is 28.0 Å². The molecule has 0 unspecified atom stereocenters. The molecule has 0 aliphatic carbocycles. The van der Waals surface area contributed by atoms with E-state index < -0.39 is 11.9 Å². The minimum Gasteiger partial charge on any atom is -0.481 e. The number of benzene rings is 1. The number of ether oxygens (including phenoxy) is 1. The molecule has 1 aromatic carbocycles. The molecule has 0 saturated heterocycles. The second-order valence-electron chi connectivity index (χ2n) is 3.17. The molecule has 0 spiro atoms. The first-order valence-electron chi connectivity index (χ1n) is 4.96. The van der Waals surface area contributed by atoms with E-state index >= 15 is 0 Å². The highest BCUT2D eigenvalue weighted by Crippen LogP contribution is 2.32. The largest absolute Gasteiger partial charge is 0.481 e. The second-order valence-corrected chi connectivity index (χ2v) is 5.00. The molecular formula is C11H10Cl2O4S. The van der Waals surface area contributed by atoms with E-state index in [2.05, 4.69) is 0 Å². The van der Waals surface area contributed by atoms with E-state index in [9.17, 15) is 9.59 Å². The molecular weight excluding hydrogens is 299 g/mol. The van der Waals surface area contributed by atoms with Gasteiger partial charge in [-0.05, 0) is 19.1 Å².